The van der Waals surface area contributed by atoms with Gasteiger partial charge in [0, 0.05) is 18.1 Å². The quantitative estimate of drug-likeness (QED) is 0.863. The van der Waals surface area contributed by atoms with Crippen LogP contribution in [0.25, 0.3) is 0 Å². The molecule has 0 aliphatic heterocycles. The molecular weight excluding hydrogens is 252 g/mol. The standard InChI is InChI=1S/C15H22N4O/c1-4-15(5-2)12(9-13(15)20-6-3)17-14-8-7-11(10-16)18-19-14/h7-8,12-13H,4-6,9H2,1-3H3,(H,17,19). The molecule has 20 heavy (non-hydrogen) atoms. The molecule has 1 N–H and O–H groups in total. The van der Waals surface area contributed by atoms with E-state index in [1.54, 1.807) is 6.07 Å². The molecule has 0 aromatic carbocycles. The van der Waals surface area contributed by atoms with Gasteiger partial charge in [-0.3, -0.25) is 0 Å². The van der Waals surface area contributed by atoms with Crippen molar-refractivity contribution in [2.45, 2.75) is 52.2 Å². The van der Waals surface area contributed by atoms with Crippen LogP contribution in [0.15, 0.2) is 12.1 Å². The number of ether oxygens (including phenoxy) is 1. The van der Waals surface area contributed by atoms with Gasteiger partial charge < -0.3 is 10.1 Å². The predicted octanol–water partition coefficient (Wildman–Crippen LogP) is 2.74. The molecule has 1 saturated carbocycles. The predicted molar refractivity (Wildman–Crippen MR) is 77.2 cm³/mol. The number of nitrogens with one attached hydrogen (secondary N) is 1. The first-order valence-electron chi connectivity index (χ1n) is 7.32. The van der Waals surface area contributed by atoms with Crippen LogP contribution in [0.3, 0.4) is 0 Å². The summed E-state index contributed by atoms with van der Waals surface area (Å²) in [5.74, 6) is 0.732. The molecule has 0 saturated heterocycles. The zero-order valence-electron chi connectivity index (χ0n) is 12.4. The van der Waals surface area contributed by atoms with Crippen molar-refractivity contribution in [2.75, 3.05) is 11.9 Å². The Morgan fingerprint density at radius 3 is 2.60 bits per heavy atom. The highest BCUT2D eigenvalue weighted by Crippen LogP contribution is 2.49. The molecule has 5 nitrogen and oxygen atoms in total. The summed E-state index contributed by atoms with van der Waals surface area (Å²) in [5.41, 5.74) is 0.514. The maximum absolute atomic E-state index is 8.73. The van der Waals surface area contributed by atoms with Crippen LogP contribution in [0.5, 0.6) is 0 Å². The highest BCUT2D eigenvalue weighted by molar-refractivity contribution is 5.38. The normalized spacial score (nSPS) is 23.7. The third-order valence-corrected chi connectivity index (χ3v) is 4.57. The molecule has 1 fully saturated rings. The Kier molecular flexibility index (Phi) is 4.56. The van der Waals surface area contributed by atoms with Gasteiger partial charge in [-0.05, 0) is 38.3 Å². The van der Waals surface area contributed by atoms with E-state index >= 15 is 0 Å². The van der Waals surface area contributed by atoms with Crippen molar-refractivity contribution >= 4 is 5.82 Å². The van der Waals surface area contributed by atoms with Crippen molar-refractivity contribution in [3.63, 3.8) is 0 Å². The molecule has 1 aromatic heterocycles. The van der Waals surface area contributed by atoms with Crippen LogP contribution in [0, 0.1) is 16.7 Å². The number of nitriles is 1. The van der Waals surface area contributed by atoms with E-state index in [1.165, 1.54) is 0 Å². The number of nitrogens with zero attached hydrogens (tertiary/aromatic N) is 3. The number of hydrogen-bond acceptors (Lipinski definition) is 5. The summed E-state index contributed by atoms with van der Waals surface area (Å²) in [6.07, 6.45) is 3.48. The number of rotatable bonds is 6. The van der Waals surface area contributed by atoms with Crippen LogP contribution in [0.1, 0.15) is 45.7 Å². The molecule has 5 heteroatoms. The molecular formula is C15H22N4O. The molecule has 0 radical (unpaired) electrons. The molecule has 0 amide bonds. The van der Waals surface area contributed by atoms with Crippen LogP contribution in [-0.4, -0.2) is 29.0 Å². The minimum absolute atomic E-state index is 0.172. The van der Waals surface area contributed by atoms with Crippen molar-refractivity contribution in [3.05, 3.63) is 17.8 Å². The summed E-state index contributed by atoms with van der Waals surface area (Å²) < 4.78 is 5.86. The molecule has 108 valence electrons. The van der Waals surface area contributed by atoms with Crippen LogP contribution in [0.2, 0.25) is 0 Å². The maximum atomic E-state index is 8.73. The van der Waals surface area contributed by atoms with E-state index in [4.69, 9.17) is 10.00 Å². The molecule has 2 atom stereocenters. The minimum Gasteiger partial charge on any atom is -0.378 e. The van der Waals surface area contributed by atoms with E-state index in [0.717, 1.165) is 31.7 Å². The van der Waals surface area contributed by atoms with E-state index in [2.05, 4.69) is 29.4 Å². The smallest absolute Gasteiger partial charge is 0.163 e. The van der Waals surface area contributed by atoms with E-state index in [-0.39, 0.29) is 5.41 Å². The van der Waals surface area contributed by atoms with Crippen LogP contribution >= 0.6 is 0 Å². The van der Waals surface area contributed by atoms with E-state index in [9.17, 15) is 0 Å². The Morgan fingerprint density at radius 2 is 2.10 bits per heavy atom. The number of aromatic nitrogens is 2. The highest BCUT2D eigenvalue weighted by Gasteiger charge is 2.53. The van der Waals surface area contributed by atoms with Gasteiger partial charge in [0.05, 0.1) is 6.10 Å². The lowest BCUT2D eigenvalue weighted by Gasteiger charge is -2.55. The highest BCUT2D eigenvalue weighted by atomic mass is 16.5. The Hall–Kier alpha value is -1.67. The van der Waals surface area contributed by atoms with Gasteiger partial charge in [0.25, 0.3) is 0 Å². The molecule has 2 unspecified atom stereocenters. The fraction of sp³-hybridized carbons (Fsp3) is 0.667. The van der Waals surface area contributed by atoms with Gasteiger partial charge in [0.2, 0.25) is 0 Å². The molecule has 2 rings (SSSR count). The fourth-order valence-corrected chi connectivity index (χ4v) is 3.23. The lowest BCUT2D eigenvalue weighted by molar-refractivity contribution is -0.121. The summed E-state index contributed by atoms with van der Waals surface area (Å²) in [4.78, 5) is 0. The molecule has 1 aliphatic carbocycles. The number of hydrogen-bond donors (Lipinski definition) is 1. The Labute approximate surface area is 120 Å². The van der Waals surface area contributed by atoms with Gasteiger partial charge >= 0.3 is 0 Å². The first-order chi connectivity index (χ1) is 9.70. The molecule has 0 bridgehead atoms. The second-order valence-corrected chi connectivity index (χ2v) is 5.23. The second-order valence-electron chi connectivity index (χ2n) is 5.23. The van der Waals surface area contributed by atoms with Crippen molar-refractivity contribution in [1.82, 2.24) is 10.2 Å². The van der Waals surface area contributed by atoms with E-state index < -0.39 is 0 Å². The minimum atomic E-state index is 0.172. The van der Waals surface area contributed by atoms with Gasteiger partial charge in [0.15, 0.2) is 5.69 Å². The van der Waals surface area contributed by atoms with E-state index in [0.29, 0.717) is 17.8 Å². The van der Waals surface area contributed by atoms with Crippen molar-refractivity contribution in [2.24, 2.45) is 5.41 Å². The Balaban J connectivity index is 2.07. The first kappa shape index (κ1) is 14.7. The van der Waals surface area contributed by atoms with Crippen LogP contribution in [-0.2, 0) is 4.74 Å². The molecule has 1 heterocycles. The number of anilines is 1. The summed E-state index contributed by atoms with van der Waals surface area (Å²) in [7, 11) is 0. The molecule has 1 aromatic rings. The molecule has 0 spiro atoms. The van der Waals surface area contributed by atoms with Crippen LogP contribution in [0.4, 0.5) is 5.82 Å². The fourth-order valence-electron chi connectivity index (χ4n) is 3.23. The Morgan fingerprint density at radius 1 is 1.35 bits per heavy atom. The summed E-state index contributed by atoms with van der Waals surface area (Å²) >= 11 is 0. The van der Waals surface area contributed by atoms with E-state index in [1.807, 2.05) is 19.1 Å². The van der Waals surface area contributed by atoms with Gasteiger partial charge in [-0.25, -0.2) is 0 Å². The van der Waals surface area contributed by atoms with Gasteiger partial charge in [-0.1, -0.05) is 13.8 Å². The van der Waals surface area contributed by atoms with Gasteiger partial charge in [-0.15, -0.1) is 10.2 Å². The average Bonchev–Trinajstić information content (AvgIpc) is 2.48. The summed E-state index contributed by atoms with van der Waals surface area (Å²) in [6, 6.07) is 5.84. The van der Waals surface area contributed by atoms with Gasteiger partial charge in [0.1, 0.15) is 11.9 Å². The zero-order valence-corrected chi connectivity index (χ0v) is 12.4. The lowest BCUT2D eigenvalue weighted by atomic mass is 9.58. The van der Waals surface area contributed by atoms with Crippen molar-refractivity contribution in [3.8, 4) is 6.07 Å². The monoisotopic (exact) mass is 274 g/mol. The third kappa shape index (κ3) is 2.48. The summed E-state index contributed by atoms with van der Waals surface area (Å²) in [5, 5.41) is 20.1. The average molecular weight is 274 g/mol. The SMILES string of the molecule is CCOC1CC(Nc2ccc(C#N)nn2)C1(CC)CC. The zero-order chi connectivity index (χ0) is 14.6. The van der Waals surface area contributed by atoms with Gasteiger partial charge in [-0.2, -0.15) is 5.26 Å². The summed E-state index contributed by atoms with van der Waals surface area (Å²) in [6.45, 7) is 7.24. The maximum Gasteiger partial charge on any atom is 0.163 e. The molecule has 1 aliphatic rings. The lowest BCUT2D eigenvalue weighted by Crippen LogP contribution is -2.60. The van der Waals surface area contributed by atoms with Crippen molar-refractivity contribution < 1.29 is 4.74 Å². The van der Waals surface area contributed by atoms with Crippen molar-refractivity contribution in [1.29, 1.82) is 5.26 Å². The largest absolute Gasteiger partial charge is 0.378 e. The van der Waals surface area contributed by atoms with Crippen LogP contribution < -0.4 is 5.32 Å². The topological polar surface area (TPSA) is 70.8 Å². The first-order valence-corrected chi connectivity index (χ1v) is 7.32. The Bertz CT molecular complexity index is 476. The second kappa shape index (κ2) is 6.19. The third-order valence-electron chi connectivity index (χ3n) is 4.57.